The normalized spacial score (nSPS) is 15.8. The van der Waals surface area contributed by atoms with Crippen molar-refractivity contribution in [3.63, 3.8) is 0 Å². The molecule has 0 radical (unpaired) electrons. The summed E-state index contributed by atoms with van der Waals surface area (Å²) in [4.78, 5) is 14.7. The SMILES string of the molecule is CNCC1CCN(C(=O)c2cn[nH]c2-c2cccc(Cl)c2)CC1. The molecule has 0 aliphatic carbocycles. The maximum atomic E-state index is 12.8. The lowest BCUT2D eigenvalue weighted by Gasteiger charge is -2.31. The third-order valence-electron chi connectivity index (χ3n) is 4.38. The van der Waals surface area contributed by atoms with Gasteiger partial charge in [-0.05, 0) is 44.5 Å². The molecule has 1 aliphatic heterocycles. The molecule has 1 aliphatic rings. The molecule has 6 heteroatoms. The van der Waals surface area contributed by atoms with Gasteiger partial charge in [0.25, 0.3) is 5.91 Å². The zero-order chi connectivity index (χ0) is 16.2. The maximum Gasteiger partial charge on any atom is 0.257 e. The van der Waals surface area contributed by atoms with Gasteiger partial charge in [0, 0.05) is 23.7 Å². The molecule has 3 rings (SSSR count). The van der Waals surface area contributed by atoms with E-state index in [1.54, 1.807) is 6.20 Å². The molecule has 1 aromatic carbocycles. The van der Waals surface area contributed by atoms with Crippen LogP contribution in [0.2, 0.25) is 5.02 Å². The largest absolute Gasteiger partial charge is 0.339 e. The Kier molecular flexibility index (Phi) is 4.98. The molecule has 1 aromatic heterocycles. The minimum atomic E-state index is 0.0385. The fraction of sp³-hybridized carbons (Fsp3) is 0.412. The Balaban J connectivity index is 1.76. The zero-order valence-electron chi connectivity index (χ0n) is 13.2. The fourth-order valence-electron chi connectivity index (χ4n) is 3.11. The van der Waals surface area contributed by atoms with Crippen LogP contribution in [0.4, 0.5) is 0 Å². The van der Waals surface area contributed by atoms with Gasteiger partial charge in [0.1, 0.15) is 0 Å². The Morgan fingerprint density at radius 1 is 1.43 bits per heavy atom. The highest BCUT2D eigenvalue weighted by Gasteiger charge is 2.26. The van der Waals surface area contributed by atoms with E-state index in [-0.39, 0.29) is 5.91 Å². The number of benzene rings is 1. The van der Waals surface area contributed by atoms with Crippen LogP contribution in [0.15, 0.2) is 30.5 Å². The summed E-state index contributed by atoms with van der Waals surface area (Å²) >= 11 is 6.05. The molecule has 0 unspecified atom stereocenters. The minimum Gasteiger partial charge on any atom is -0.339 e. The first-order valence-corrected chi connectivity index (χ1v) is 8.30. The maximum absolute atomic E-state index is 12.8. The molecular weight excluding hydrogens is 312 g/mol. The number of aromatic nitrogens is 2. The Labute approximate surface area is 141 Å². The highest BCUT2D eigenvalue weighted by atomic mass is 35.5. The second-order valence-corrected chi connectivity index (χ2v) is 6.40. The molecule has 0 atom stereocenters. The van der Waals surface area contributed by atoms with Crippen molar-refractivity contribution >= 4 is 17.5 Å². The number of aromatic amines is 1. The molecular formula is C17H21ClN4O. The summed E-state index contributed by atoms with van der Waals surface area (Å²) in [6, 6.07) is 7.45. The van der Waals surface area contributed by atoms with Crippen molar-refractivity contribution in [1.82, 2.24) is 20.4 Å². The molecule has 2 heterocycles. The van der Waals surface area contributed by atoms with E-state index in [1.165, 1.54) is 0 Å². The van der Waals surface area contributed by atoms with E-state index in [1.807, 2.05) is 36.2 Å². The first-order valence-electron chi connectivity index (χ1n) is 7.92. The van der Waals surface area contributed by atoms with E-state index >= 15 is 0 Å². The lowest BCUT2D eigenvalue weighted by molar-refractivity contribution is 0.0692. The van der Waals surface area contributed by atoms with Gasteiger partial charge in [-0.1, -0.05) is 23.7 Å². The number of nitrogens with one attached hydrogen (secondary N) is 2. The Morgan fingerprint density at radius 3 is 2.91 bits per heavy atom. The summed E-state index contributed by atoms with van der Waals surface area (Å²) in [5, 5.41) is 10.9. The van der Waals surface area contributed by atoms with Crippen LogP contribution >= 0.6 is 11.6 Å². The average Bonchev–Trinajstić information content (AvgIpc) is 3.05. The van der Waals surface area contributed by atoms with Crippen molar-refractivity contribution in [2.75, 3.05) is 26.7 Å². The van der Waals surface area contributed by atoms with Crippen LogP contribution in [0.5, 0.6) is 0 Å². The predicted molar refractivity (Wildman–Crippen MR) is 91.6 cm³/mol. The average molecular weight is 333 g/mol. The first-order chi connectivity index (χ1) is 11.2. The van der Waals surface area contributed by atoms with Crippen molar-refractivity contribution in [3.05, 3.63) is 41.0 Å². The van der Waals surface area contributed by atoms with Crippen LogP contribution in [0.3, 0.4) is 0 Å². The second kappa shape index (κ2) is 7.15. The van der Waals surface area contributed by atoms with Gasteiger partial charge < -0.3 is 10.2 Å². The van der Waals surface area contributed by atoms with Gasteiger partial charge in [0.15, 0.2) is 0 Å². The van der Waals surface area contributed by atoms with E-state index < -0.39 is 0 Å². The number of H-pyrrole nitrogens is 1. The van der Waals surface area contributed by atoms with Crippen LogP contribution in [-0.2, 0) is 0 Å². The number of hydrogen-bond acceptors (Lipinski definition) is 3. The Bertz CT molecular complexity index is 677. The van der Waals surface area contributed by atoms with E-state index in [0.29, 0.717) is 16.5 Å². The van der Waals surface area contributed by atoms with Crippen LogP contribution in [0.1, 0.15) is 23.2 Å². The number of halogens is 1. The van der Waals surface area contributed by atoms with Gasteiger partial charge in [0.2, 0.25) is 0 Å². The van der Waals surface area contributed by atoms with Gasteiger partial charge in [-0.2, -0.15) is 5.10 Å². The summed E-state index contributed by atoms with van der Waals surface area (Å²) in [6.45, 7) is 2.61. The monoisotopic (exact) mass is 332 g/mol. The number of nitrogens with zero attached hydrogens (tertiary/aromatic N) is 2. The molecule has 2 aromatic rings. The highest BCUT2D eigenvalue weighted by molar-refractivity contribution is 6.30. The first kappa shape index (κ1) is 16.0. The van der Waals surface area contributed by atoms with Crippen molar-refractivity contribution in [2.45, 2.75) is 12.8 Å². The Morgan fingerprint density at radius 2 is 2.22 bits per heavy atom. The van der Waals surface area contributed by atoms with Crippen LogP contribution in [0.25, 0.3) is 11.3 Å². The van der Waals surface area contributed by atoms with Gasteiger partial charge in [-0.15, -0.1) is 0 Å². The summed E-state index contributed by atoms with van der Waals surface area (Å²) in [5.74, 6) is 0.692. The van der Waals surface area contributed by atoms with Crippen molar-refractivity contribution in [3.8, 4) is 11.3 Å². The van der Waals surface area contributed by atoms with Gasteiger partial charge in [0.05, 0.1) is 17.5 Å². The zero-order valence-corrected chi connectivity index (χ0v) is 13.9. The molecule has 122 valence electrons. The third-order valence-corrected chi connectivity index (χ3v) is 4.61. The number of carbonyl (C=O) groups is 1. The molecule has 1 saturated heterocycles. The van der Waals surface area contributed by atoms with Gasteiger partial charge >= 0.3 is 0 Å². The number of hydrogen-bond donors (Lipinski definition) is 2. The van der Waals surface area contributed by atoms with Crippen molar-refractivity contribution < 1.29 is 4.79 Å². The standard InChI is InChI=1S/C17H21ClN4O/c1-19-10-12-5-7-22(8-6-12)17(23)15-11-20-21-16(15)13-3-2-4-14(18)9-13/h2-4,9,11-12,19H,5-8,10H2,1H3,(H,20,21). The second-order valence-electron chi connectivity index (χ2n) is 5.96. The summed E-state index contributed by atoms with van der Waals surface area (Å²) in [7, 11) is 1.97. The summed E-state index contributed by atoms with van der Waals surface area (Å²) in [5.41, 5.74) is 2.22. The number of piperidine rings is 1. The van der Waals surface area contributed by atoms with Crippen LogP contribution < -0.4 is 5.32 Å². The number of likely N-dealkylation sites (tertiary alicyclic amines) is 1. The van der Waals surface area contributed by atoms with Crippen LogP contribution in [-0.4, -0.2) is 47.7 Å². The minimum absolute atomic E-state index is 0.0385. The lowest BCUT2D eigenvalue weighted by atomic mass is 9.96. The molecule has 0 saturated carbocycles. The van der Waals surface area contributed by atoms with Crippen LogP contribution in [0, 0.1) is 5.92 Å². The topological polar surface area (TPSA) is 61.0 Å². The van der Waals surface area contributed by atoms with Crippen molar-refractivity contribution in [1.29, 1.82) is 0 Å². The molecule has 1 fully saturated rings. The van der Waals surface area contributed by atoms with Gasteiger partial charge in [-0.25, -0.2) is 0 Å². The molecule has 1 amide bonds. The van der Waals surface area contributed by atoms with E-state index in [2.05, 4.69) is 15.5 Å². The molecule has 0 spiro atoms. The number of rotatable bonds is 4. The van der Waals surface area contributed by atoms with Gasteiger partial charge in [-0.3, -0.25) is 9.89 Å². The van der Waals surface area contributed by atoms with E-state index in [0.717, 1.165) is 43.7 Å². The molecule has 2 N–H and O–H groups in total. The summed E-state index contributed by atoms with van der Waals surface area (Å²) < 4.78 is 0. The third kappa shape index (κ3) is 3.57. The quantitative estimate of drug-likeness (QED) is 0.905. The van der Waals surface area contributed by atoms with Crippen molar-refractivity contribution in [2.24, 2.45) is 5.92 Å². The highest BCUT2D eigenvalue weighted by Crippen LogP contribution is 2.26. The van der Waals surface area contributed by atoms with E-state index in [4.69, 9.17) is 11.6 Å². The number of carbonyl (C=O) groups excluding carboxylic acids is 1. The lowest BCUT2D eigenvalue weighted by Crippen LogP contribution is -2.40. The molecule has 5 nitrogen and oxygen atoms in total. The molecule has 23 heavy (non-hydrogen) atoms. The summed E-state index contributed by atoms with van der Waals surface area (Å²) in [6.07, 6.45) is 3.69. The number of amides is 1. The van der Waals surface area contributed by atoms with E-state index in [9.17, 15) is 4.79 Å². The fourth-order valence-corrected chi connectivity index (χ4v) is 3.30. The Hall–Kier alpha value is -1.85. The molecule has 0 bridgehead atoms. The smallest absolute Gasteiger partial charge is 0.257 e. The predicted octanol–water partition coefficient (Wildman–Crippen LogP) is 2.80.